The van der Waals surface area contributed by atoms with Crippen LogP contribution in [0.2, 0.25) is 0 Å². The molecule has 1 spiro atoms. The number of aliphatic hydroxyl groups excluding tert-OH is 1. The number of alkyl halides is 1. The lowest BCUT2D eigenvalue weighted by molar-refractivity contribution is -0.146. The van der Waals surface area contributed by atoms with Gasteiger partial charge in [0.05, 0.1) is 16.6 Å². The summed E-state index contributed by atoms with van der Waals surface area (Å²) in [6, 6.07) is -0.683. The smallest absolute Gasteiger partial charge is 0.247 e. The Hall–Kier alpha value is -1.32. The van der Waals surface area contributed by atoms with E-state index in [0.29, 0.717) is 39.0 Å². The van der Waals surface area contributed by atoms with Crippen LogP contribution in [0.15, 0.2) is 25.3 Å². The SMILES string of the molecule is C=CCN(CCC)C(=O)[C@H]1[C@H]2C(=O)N(CCCO)C(C(=O)N(CC=C)C(C)(C)C)C23CC(Br)[C@@H]1S3. The van der Waals surface area contributed by atoms with Crippen molar-refractivity contribution in [2.45, 2.75) is 73.4 Å². The van der Waals surface area contributed by atoms with Gasteiger partial charge in [-0.2, -0.15) is 0 Å². The quantitative estimate of drug-likeness (QED) is 0.305. The number of aliphatic hydroxyl groups is 1. The second kappa shape index (κ2) is 11.0. The van der Waals surface area contributed by atoms with Gasteiger partial charge < -0.3 is 19.8 Å². The predicted molar refractivity (Wildman–Crippen MR) is 144 cm³/mol. The topological polar surface area (TPSA) is 81.2 Å². The van der Waals surface area contributed by atoms with E-state index in [0.717, 1.165) is 6.42 Å². The molecular weight excluding hydrogens is 530 g/mol. The van der Waals surface area contributed by atoms with Gasteiger partial charge in [-0.15, -0.1) is 24.9 Å². The summed E-state index contributed by atoms with van der Waals surface area (Å²) in [7, 11) is 0. The molecule has 3 amide bonds. The lowest BCUT2D eigenvalue weighted by Crippen LogP contribution is -2.59. The van der Waals surface area contributed by atoms with E-state index in [4.69, 9.17) is 0 Å². The maximum atomic E-state index is 14.2. The van der Waals surface area contributed by atoms with Gasteiger partial charge in [0.15, 0.2) is 0 Å². The monoisotopic (exact) mass is 569 g/mol. The van der Waals surface area contributed by atoms with Crippen LogP contribution in [0.3, 0.4) is 0 Å². The number of likely N-dealkylation sites (tertiary alicyclic amines) is 1. The first-order chi connectivity index (χ1) is 16.5. The van der Waals surface area contributed by atoms with Gasteiger partial charge in [-0.1, -0.05) is 35.0 Å². The number of hydrogen-bond acceptors (Lipinski definition) is 5. The van der Waals surface area contributed by atoms with Crippen LogP contribution < -0.4 is 0 Å². The fraction of sp³-hybridized carbons (Fsp3) is 0.731. The number of carbonyl (C=O) groups is 3. The van der Waals surface area contributed by atoms with Crippen molar-refractivity contribution in [1.29, 1.82) is 0 Å². The molecular formula is C26H40BrN3O4S. The Balaban J connectivity index is 2.09. The average Bonchev–Trinajstić information content (AvgIpc) is 3.37. The van der Waals surface area contributed by atoms with Crippen molar-refractivity contribution in [1.82, 2.24) is 14.7 Å². The molecule has 3 fully saturated rings. The van der Waals surface area contributed by atoms with E-state index in [2.05, 4.69) is 29.1 Å². The summed E-state index contributed by atoms with van der Waals surface area (Å²) < 4.78 is -0.681. The van der Waals surface area contributed by atoms with Gasteiger partial charge in [-0.25, -0.2) is 0 Å². The van der Waals surface area contributed by atoms with Gasteiger partial charge in [-0.05, 0) is 40.0 Å². The van der Waals surface area contributed by atoms with E-state index in [1.54, 1.807) is 38.6 Å². The average molecular weight is 571 g/mol. The van der Waals surface area contributed by atoms with Crippen LogP contribution in [-0.2, 0) is 14.4 Å². The highest BCUT2D eigenvalue weighted by Crippen LogP contribution is 2.68. The van der Waals surface area contributed by atoms with Gasteiger partial charge in [0.1, 0.15) is 6.04 Å². The molecule has 0 radical (unpaired) electrons. The molecule has 3 heterocycles. The third kappa shape index (κ3) is 4.85. The highest BCUT2D eigenvalue weighted by molar-refractivity contribution is 9.09. The molecule has 3 saturated heterocycles. The molecule has 3 unspecified atom stereocenters. The standard InChI is InChI=1S/C26H40BrN3O4S/c1-7-11-28(12-8-2)22(32)18-19-23(33)29(14-10-15-31)21(26(19)16-17(27)20(18)35-26)24(34)30(13-9-3)25(4,5)6/h7,9,17-21,31H,1,3,8,10-16H2,2,4-6H3/t17?,18-,19-,20-,21?,26?/m0/s1. The molecule has 3 aliphatic rings. The zero-order chi connectivity index (χ0) is 26.1. The van der Waals surface area contributed by atoms with Crippen LogP contribution in [0.1, 0.15) is 47.0 Å². The summed E-state index contributed by atoms with van der Waals surface area (Å²) in [6.07, 6.45) is 5.29. The van der Waals surface area contributed by atoms with Crippen molar-refractivity contribution in [2.24, 2.45) is 11.8 Å². The molecule has 0 aromatic rings. The van der Waals surface area contributed by atoms with E-state index in [1.807, 2.05) is 27.7 Å². The molecule has 6 atom stereocenters. The molecule has 0 aliphatic carbocycles. The first-order valence-electron chi connectivity index (χ1n) is 12.5. The van der Waals surface area contributed by atoms with Crippen LogP contribution in [0, 0.1) is 11.8 Å². The van der Waals surface area contributed by atoms with Gasteiger partial charge in [0, 0.05) is 48.4 Å². The van der Waals surface area contributed by atoms with Crippen LogP contribution in [0.25, 0.3) is 0 Å². The van der Waals surface area contributed by atoms with Gasteiger partial charge >= 0.3 is 0 Å². The minimum absolute atomic E-state index is 0.0254. The van der Waals surface area contributed by atoms with E-state index in [-0.39, 0.29) is 34.4 Å². The summed E-state index contributed by atoms with van der Waals surface area (Å²) in [5.41, 5.74) is -0.460. The Kier molecular flexibility index (Phi) is 8.86. The third-order valence-corrected chi connectivity index (χ3v) is 10.6. The van der Waals surface area contributed by atoms with Crippen molar-refractivity contribution in [3.8, 4) is 0 Å². The van der Waals surface area contributed by atoms with Crippen molar-refractivity contribution in [2.75, 3.05) is 32.8 Å². The van der Waals surface area contributed by atoms with Crippen LogP contribution in [0.5, 0.6) is 0 Å². The van der Waals surface area contributed by atoms with Crippen molar-refractivity contribution >= 4 is 45.4 Å². The Morgan fingerprint density at radius 2 is 1.91 bits per heavy atom. The lowest BCUT2D eigenvalue weighted by Gasteiger charge is -2.42. The van der Waals surface area contributed by atoms with E-state index >= 15 is 0 Å². The van der Waals surface area contributed by atoms with E-state index < -0.39 is 28.2 Å². The fourth-order valence-corrected chi connectivity index (χ4v) is 9.67. The number of amides is 3. The molecule has 1 N–H and O–H groups in total. The molecule has 2 bridgehead atoms. The number of halogens is 1. The Morgan fingerprint density at radius 1 is 1.26 bits per heavy atom. The third-order valence-electron chi connectivity index (χ3n) is 7.41. The van der Waals surface area contributed by atoms with Crippen molar-refractivity contribution in [3.05, 3.63) is 25.3 Å². The number of nitrogens with zero attached hydrogens (tertiary/aromatic N) is 3. The summed E-state index contributed by atoms with van der Waals surface area (Å²) in [4.78, 5) is 47.4. The summed E-state index contributed by atoms with van der Waals surface area (Å²) in [5, 5.41) is 9.47. The molecule has 9 heteroatoms. The second-order valence-electron chi connectivity index (χ2n) is 10.8. The zero-order valence-corrected chi connectivity index (χ0v) is 23.8. The van der Waals surface area contributed by atoms with E-state index in [9.17, 15) is 19.5 Å². The molecule has 7 nitrogen and oxygen atoms in total. The predicted octanol–water partition coefficient (Wildman–Crippen LogP) is 3.07. The number of rotatable bonds is 11. The minimum atomic E-state index is -0.683. The van der Waals surface area contributed by atoms with Crippen LogP contribution in [-0.4, -0.2) is 96.7 Å². The van der Waals surface area contributed by atoms with Crippen molar-refractivity contribution < 1.29 is 19.5 Å². The normalized spacial score (nSPS) is 31.4. The van der Waals surface area contributed by atoms with Gasteiger partial charge in [0.25, 0.3) is 0 Å². The van der Waals surface area contributed by atoms with Crippen molar-refractivity contribution in [3.63, 3.8) is 0 Å². The van der Waals surface area contributed by atoms with Crippen LogP contribution in [0.4, 0.5) is 0 Å². The van der Waals surface area contributed by atoms with Crippen LogP contribution >= 0.6 is 27.7 Å². The van der Waals surface area contributed by atoms with Gasteiger partial charge in [-0.3, -0.25) is 14.4 Å². The lowest BCUT2D eigenvalue weighted by atomic mass is 9.70. The number of fused-ring (bicyclic) bond motifs is 1. The Labute approximate surface area is 222 Å². The molecule has 196 valence electrons. The fourth-order valence-electron chi connectivity index (χ4n) is 6.07. The molecule has 0 aromatic carbocycles. The Bertz CT molecular complexity index is 862. The highest BCUT2D eigenvalue weighted by Gasteiger charge is 2.76. The van der Waals surface area contributed by atoms with E-state index in [1.165, 1.54) is 0 Å². The molecule has 0 aromatic heterocycles. The molecule has 3 aliphatic heterocycles. The number of hydrogen-bond donors (Lipinski definition) is 1. The first kappa shape index (κ1) is 28.3. The zero-order valence-electron chi connectivity index (χ0n) is 21.4. The number of carbonyl (C=O) groups excluding carboxylic acids is 3. The largest absolute Gasteiger partial charge is 0.396 e. The summed E-state index contributed by atoms with van der Waals surface area (Å²) in [5.74, 6) is -1.31. The Morgan fingerprint density at radius 3 is 2.46 bits per heavy atom. The molecule has 35 heavy (non-hydrogen) atoms. The highest BCUT2D eigenvalue weighted by atomic mass is 79.9. The maximum absolute atomic E-state index is 14.2. The van der Waals surface area contributed by atoms with Gasteiger partial charge in [0.2, 0.25) is 17.7 Å². The summed E-state index contributed by atoms with van der Waals surface area (Å²) in [6.45, 7) is 17.3. The first-order valence-corrected chi connectivity index (χ1v) is 14.3. The number of thioether (sulfide) groups is 1. The molecule has 3 rings (SSSR count). The minimum Gasteiger partial charge on any atom is -0.396 e. The maximum Gasteiger partial charge on any atom is 0.247 e. The summed E-state index contributed by atoms with van der Waals surface area (Å²) >= 11 is 5.47. The second-order valence-corrected chi connectivity index (χ2v) is 13.5. The molecule has 0 saturated carbocycles.